The van der Waals surface area contributed by atoms with Crippen LogP contribution in [0.25, 0.3) is 0 Å². The van der Waals surface area contributed by atoms with Gasteiger partial charge in [-0.15, -0.1) is 0 Å². The maximum absolute atomic E-state index is 13.0. The molecule has 1 saturated heterocycles. The fraction of sp³-hybridized carbons (Fsp3) is 0.435. The van der Waals surface area contributed by atoms with Crippen molar-refractivity contribution in [2.24, 2.45) is 0 Å². The molecule has 8 heteroatoms. The van der Waals surface area contributed by atoms with Crippen LogP contribution in [0.2, 0.25) is 0 Å². The van der Waals surface area contributed by atoms with Crippen molar-refractivity contribution in [3.63, 3.8) is 0 Å². The third kappa shape index (κ3) is 4.67. The Morgan fingerprint density at radius 2 is 1.94 bits per heavy atom. The predicted molar refractivity (Wildman–Crippen MR) is 121 cm³/mol. The fourth-order valence-electron chi connectivity index (χ4n) is 4.44. The first-order valence-corrected chi connectivity index (χ1v) is 12.2. The Bertz CT molecular complexity index is 1040. The van der Waals surface area contributed by atoms with Gasteiger partial charge in [-0.05, 0) is 55.0 Å². The Morgan fingerprint density at radius 1 is 1.16 bits per heavy atom. The van der Waals surface area contributed by atoms with Crippen LogP contribution in [-0.4, -0.2) is 44.8 Å². The van der Waals surface area contributed by atoms with E-state index in [2.05, 4.69) is 23.0 Å². The van der Waals surface area contributed by atoms with Crippen molar-refractivity contribution in [3.8, 4) is 0 Å². The lowest BCUT2D eigenvalue weighted by atomic mass is 10.00. The summed E-state index contributed by atoms with van der Waals surface area (Å²) in [6, 6.07) is 16.0. The molecular weight excluding hydrogens is 412 g/mol. The monoisotopic (exact) mass is 442 g/mol. The average molecular weight is 443 g/mol. The molecule has 0 saturated carbocycles. The number of hydrazine groups is 1. The topological polar surface area (TPSA) is 81.8 Å². The highest BCUT2D eigenvalue weighted by atomic mass is 32.2. The van der Waals surface area contributed by atoms with Gasteiger partial charge in [-0.3, -0.25) is 15.6 Å². The molecular formula is C23H30N4O3S. The number of rotatable bonds is 7. The lowest BCUT2D eigenvalue weighted by molar-refractivity contribution is -0.116. The molecule has 2 aliphatic heterocycles. The van der Waals surface area contributed by atoms with Crippen LogP contribution < -0.4 is 15.8 Å². The van der Waals surface area contributed by atoms with E-state index in [1.165, 1.54) is 16.8 Å². The van der Waals surface area contributed by atoms with E-state index in [-0.39, 0.29) is 11.9 Å². The normalized spacial score (nSPS) is 20.9. The van der Waals surface area contributed by atoms with Gasteiger partial charge in [0.05, 0.1) is 4.90 Å². The molecule has 0 bridgehead atoms. The molecule has 2 aliphatic rings. The zero-order valence-electron chi connectivity index (χ0n) is 18.0. The number of anilines is 1. The number of amides is 1. The minimum atomic E-state index is -3.55. The van der Waals surface area contributed by atoms with Crippen molar-refractivity contribution in [2.45, 2.75) is 49.6 Å². The first-order valence-electron chi connectivity index (χ1n) is 10.8. The summed E-state index contributed by atoms with van der Waals surface area (Å²) in [5.74, 6) is -0.0176. The van der Waals surface area contributed by atoms with Gasteiger partial charge in [0.25, 0.3) is 0 Å². The van der Waals surface area contributed by atoms with Crippen molar-refractivity contribution in [1.82, 2.24) is 15.2 Å². The van der Waals surface area contributed by atoms with E-state index in [9.17, 15) is 13.2 Å². The van der Waals surface area contributed by atoms with Crippen molar-refractivity contribution < 1.29 is 13.2 Å². The summed E-state index contributed by atoms with van der Waals surface area (Å²) >= 11 is 0. The molecule has 0 spiro atoms. The summed E-state index contributed by atoms with van der Waals surface area (Å²) in [6.45, 7) is 2.61. The second-order valence-corrected chi connectivity index (χ2v) is 10.4. The number of fused-ring (bicyclic) bond motifs is 1. The first kappa shape index (κ1) is 22.0. The zero-order chi connectivity index (χ0) is 22.0. The van der Waals surface area contributed by atoms with E-state index in [1.54, 1.807) is 30.1 Å². The van der Waals surface area contributed by atoms with Crippen LogP contribution >= 0.6 is 0 Å². The average Bonchev–Trinajstić information content (AvgIpc) is 3.41. The van der Waals surface area contributed by atoms with E-state index in [1.807, 2.05) is 18.2 Å². The van der Waals surface area contributed by atoms with Gasteiger partial charge in [0.1, 0.15) is 0 Å². The Morgan fingerprint density at radius 3 is 2.68 bits per heavy atom. The molecule has 2 unspecified atom stereocenters. The highest BCUT2D eigenvalue weighted by Crippen LogP contribution is 2.31. The molecule has 166 valence electrons. The molecule has 2 aromatic rings. The molecule has 2 N–H and O–H groups in total. The van der Waals surface area contributed by atoms with Crippen molar-refractivity contribution in [3.05, 3.63) is 59.7 Å². The second kappa shape index (κ2) is 9.08. The van der Waals surface area contributed by atoms with E-state index in [4.69, 9.17) is 0 Å². The van der Waals surface area contributed by atoms with Crippen LogP contribution in [0, 0.1) is 0 Å². The maximum atomic E-state index is 13.0. The SMILES string of the molecule is CC(=O)N1CCc2cc(S(=O)(=O)N(C)CCCC3CC(c4ccccc4)NN3)ccc21. The smallest absolute Gasteiger partial charge is 0.242 e. The Hall–Kier alpha value is -2.26. The Labute approximate surface area is 184 Å². The third-order valence-electron chi connectivity index (χ3n) is 6.24. The number of benzene rings is 2. The van der Waals surface area contributed by atoms with E-state index >= 15 is 0 Å². The molecule has 0 radical (unpaired) electrons. The van der Waals surface area contributed by atoms with Crippen LogP contribution in [0.15, 0.2) is 53.4 Å². The number of carbonyl (C=O) groups is 1. The fourth-order valence-corrected chi connectivity index (χ4v) is 5.70. The highest BCUT2D eigenvalue weighted by Gasteiger charge is 2.28. The molecule has 31 heavy (non-hydrogen) atoms. The quantitative estimate of drug-likeness (QED) is 0.689. The molecule has 2 aromatic carbocycles. The zero-order valence-corrected chi connectivity index (χ0v) is 18.9. The molecule has 2 heterocycles. The standard InChI is InChI=1S/C23H30N4O3S/c1-17(28)27-14-12-19-15-21(10-11-23(19)27)31(29,30)26(2)13-6-9-20-16-22(25-24-20)18-7-4-3-5-8-18/h3-5,7-8,10-11,15,20,22,24-25H,6,9,12-14,16H2,1-2H3. The largest absolute Gasteiger partial charge is 0.312 e. The van der Waals surface area contributed by atoms with Crippen LogP contribution in [0.1, 0.15) is 43.4 Å². The van der Waals surface area contributed by atoms with Gasteiger partial charge in [-0.25, -0.2) is 12.7 Å². The molecule has 0 aliphatic carbocycles. The van der Waals surface area contributed by atoms with Gasteiger partial charge in [-0.2, -0.15) is 0 Å². The third-order valence-corrected chi connectivity index (χ3v) is 8.10. The first-order chi connectivity index (χ1) is 14.9. The van der Waals surface area contributed by atoms with Gasteiger partial charge in [-0.1, -0.05) is 30.3 Å². The minimum Gasteiger partial charge on any atom is -0.312 e. The number of hydrogen-bond acceptors (Lipinski definition) is 5. The van der Waals surface area contributed by atoms with Crippen LogP contribution in [0.4, 0.5) is 5.69 Å². The number of nitrogens with zero attached hydrogens (tertiary/aromatic N) is 2. The number of hydrogen-bond donors (Lipinski definition) is 2. The van der Waals surface area contributed by atoms with E-state index in [0.29, 0.717) is 30.4 Å². The van der Waals surface area contributed by atoms with Gasteiger partial charge in [0.15, 0.2) is 0 Å². The summed E-state index contributed by atoms with van der Waals surface area (Å²) in [5.41, 5.74) is 9.68. The summed E-state index contributed by atoms with van der Waals surface area (Å²) in [6.07, 6.45) is 3.34. The lowest BCUT2D eigenvalue weighted by Crippen LogP contribution is -2.32. The minimum absolute atomic E-state index is 0.0176. The van der Waals surface area contributed by atoms with Crippen LogP contribution in [0.3, 0.4) is 0 Å². The van der Waals surface area contributed by atoms with Crippen LogP contribution in [-0.2, 0) is 21.2 Å². The van der Waals surface area contributed by atoms with E-state index in [0.717, 1.165) is 30.5 Å². The van der Waals surface area contributed by atoms with Crippen molar-refractivity contribution >= 4 is 21.6 Å². The van der Waals surface area contributed by atoms with E-state index < -0.39 is 10.0 Å². The predicted octanol–water partition coefficient (Wildman–Crippen LogP) is 2.60. The second-order valence-electron chi connectivity index (χ2n) is 8.36. The van der Waals surface area contributed by atoms with Crippen molar-refractivity contribution in [2.75, 3.05) is 25.0 Å². The Balaban J connectivity index is 1.32. The maximum Gasteiger partial charge on any atom is 0.242 e. The van der Waals surface area contributed by atoms with Gasteiger partial charge in [0.2, 0.25) is 15.9 Å². The number of carbonyl (C=O) groups excluding carboxylic acids is 1. The molecule has 7 nitrogen and oxygen atoms in total. The summed E-state index contributed by atoms with van der Waals surface area (Å²) in [4.78, 5) is 13.7. The lowest BCUT2D eigenvalue weighted by Gasteiger charge is -2.19. The molecule has 2 atom stereocenters. The van der Waals surface area contributed by atoms with Gasteiger partial charge in [0, 0.05) is 44.8 Å². The van der Waals surface area contributed by atoms with Gasteiger partial charge < -0.3 is 4.90 Å². The summed E-state index contributed by atoms with van der Waals surface area (Å²) in [5, 5.41) is 0. The van der Waals surface area contributed by atoms with Crippen molar-refractivity contribution in [1.29, 1.82) is 0 Å². The van der Waals surface area contributed by atoms with Crippen LogP contribution in [0.5, 0.6) is 0 Å². The van der Waals surface area contributed by atoms with Gasteiger partial charge >= 0.3 is 0 Å². The number of nitrogens with one attached hydrogen (secondary N) is 2. The molecule has 1 amide bonds. The molecule has 0 aromatic heterocycles. The summed E-state index contributed by atoms with van der Waals surface area (Å²) < 4.78 is 27.5. The Kier molecular flexibility index (Phi) is 6.43. The number of sulfonamides is 1. The molecule has 1 fully saturated rings. The summed E-state index contributed by atoms with van der Waals surface area (Å²) in [7, 11) is -1.92. The highest BCUT2D eigenvalue weighted by molar-refractivity contribution is 7.89. The molecule has 4 rings (SSSR count).